The number of nitrogens with zero attached hydrogens (tertiary/aromatic N) is 2. The van der Waals surface area contributed by atoms with E-state index in [4.69, 9.17) is 5.14 Å². The first-order chi connectivity index (χ1) is 8.76. The van der Waals surface area contributed by atoms with E-state index in [9.17, 15) is 13.2 Å². The smallest absolute Gasteiger partial charge is 0.227 e. The Hall–Kier alpha value is -0.510. The molecule has 1 saturated heterocycles. The number of primary sulfonamides is 1. The molecule has 104 valence electrons. The Labute approximate surface area is 127 Å². The number of sulfonamides is 1. The predicted octanol–water partition coefficient (Wildman–Crippen LogP) is 1.25. The molecule has 0 radical (unpaired) electrons. The van der Waals surface area contributed by atoms with Crippen LogP contribution in [-0.2, 0) is 14.8 Å². The molecular weight excluding hydrogens is 402 g/mol. The van der Waals surface area contributed by atoms with E-state index in [0.29, 0.717) is 21.4 Å². The number of amides is 1. The van der Waals surface area contributed by atoms with Crippen molar-refractivity contribution >= 4 is 53.5 Å². The molecule has 19 heavy (non-hydrogen) atoms. The monoisotopic (exact) mass is 411 g/mol. The van der Waals surface area contributed by atoms with Gasteiger partial charge in [-0.05, 0) is 44.0 Å². The molecule has 1 aromatic rings. The molecule has 1 amide bonds. The lowest BCUT2D eigenvalue weighted by Crippen LogP contribution is -2.27. The molecular formula is C10H11Br2N3O3S. The fourth-order valence-corrected chi connectivity index (χ4v) is 4.03. The number of carbonyl (C=O) groups is 1. The van der Waals surface area contributed by atoms with E-state index in [2.05, 4.69) is 36.8 Å². The first kappa shape index (κ1) is 14.9. The van der Waals surface area contributed by atoms with Gasteiger partial charge in [-0.15, -0.1) is 0 Å². The minimum absolute atomic E-state index is 0.126. The van der Waals surface area contributed by atoms with Crippen LogP contribution in [0.4, 0.5) is 5.69 Å². The number of aromatic nitrogens is 1. The van der Waals surface area contributed by atoms with E-state index >= 15 is 0 Å². The standard InChI is InChI=1S/C10H11Br2N3O3S/c11-8-2-1-7(10(12)14-8)15-4-6(3-9(15)16)5-19(13,17)18/h1-2,6H,3-5H2,(H2,13,17,18). The summed E-state index contributed by atoms with van der Waals surface area (Å²) in [6, 6.07) is 3.47. The van der Waals surface area contributed by atoms with Gasteiger partial charge in [-0.1, -0.05) is 0 Å². The van der Waals surface area contributed by atoms with Crippen LogP contribution in [0.5, 0.6) is 0 Å². The van der Waals surface area contributed by atoms with Crippen molar-refractivity contribution in [3.63, 3.8) is 0 Å². The van der Waals surface area contributed by atoms with Gasteiger partial charge in [0.15, 0.2) is 0 Å². The topological polar surface area (TPSA) is 93.4 Å². The first-order valence-corrected chi connectivity index (χ1v) is 8.69. The Bertz CT molecular complexity index is 620. The molecule has 1 aliphatic heterocycles. The molecule has 1 aromatic heterocycles. The number of hydrogen-bond donors (Lipinski definition) is 1. The minimum atomic E-state index is -3.57. The quantitative estimate of drug-likeness (QED) is 0.756. The number of rotatable bonds is 3. The summed E-state index contributed by atoms with van der Waals surface area (Å²) in [6.07, 6.45) is 0.179. The van der Waals surface area contributed by atoms with Gasteiger partial charge in [0.2, 0.25) is 15.9 Å². The Morgan fingerprint density at radius 2 is 2.11 bits per heavy atom. The van der Waals surface area contributed by atoms with Gasteiger partial charge >= 0.3 is 0 Å². The molecule has 0 aromatic carbocycles. The summed E-state index contributed by atoms with van der Waals surface area (Å²) in [4.78, 5) is 17.6. The Balaban J connectivity index is 2.20. The van der Waals surface area contributed by atoms with Crippen molar-refractivity contribution in [2.45, 2.75) is 6.42 Å². The molecule has 0 spiro atoms. The number of anilines is 1. The summed E-state index contributed by atoms with van der Waals surface area (Å²) in [6.45, 7) is 0.331. The van der Waals surface area contributed by atoms with Crippen molar-refractivity contribution in [1.82, 2.24) is 4.98 Å². The lowest BCUT2D eigenvalue weighted by Gasteiger charge is -2.17. The second kappa shape index (κ2) is 5.47. The highest BCUT2D eigenvalue weighted by atomic mass is 79.9. The molecule has 9 heteroatoms. The number of nitrogens with two attached hydrogens (primary N) is 1. The van der Waals surface area contributed by atoms with Crippen molar-refractivity contribution in [3.05, 3.63) is 21.3 Å². The molecule has 1 fully saturated rings. The minimum Gasteiger partial charge on any atom is -0.310 e. The van der Waals surface area contributed by atoms with Crippen LogP contribution in [0.25, 0.3) is 0 Å². The third kappa shape index (κ3) is 3.74. The average Bonchev–Trinajstić information content (AvgIpc) is 2.56. The van der Waals surface area contributed by atoms with Gasteiger partial charge in [0, 0.05) is 18.9 Å². The molecule has 2 N–H and O–H groups in total. The molecule has 0 bridgehead atoms. The summed E-state index contributed by atoms with van der Waals surface area (Å²) in [7, 11) is -3.57. The maximum atomic E-state index is 11.9. The molecule has 0 saturated carbocycles. The van der Waals surface area contributed by atoms with Crippen LogP contribution in [0.3, 0.4) is 0 Å². The predicted molar refractivity (Wildman–Crippen MR) is 78.1 cm³/mol. The lowest BCUT2D eigenvalue weighted by atomic mass is 10.1. The van der Waals surface area contributed by atoms with E-state index < -0.39 is 10.0 Å². The van der Waals surface area contributed by atoms with Crippen LogP contribution in [-0.4, -0.2) is 31.6 Å². The Morgan fingerprint density at radius 1 is 1.42 bits per heavy atom. The molecule has 1 atom stereocenters. The van der Waals surface area contributed by atoms with E-state index in [1.165, 1.54) is 4.90 Å². The van der Waals surface area contributed by atoms with Gasteiger partial charge in [0.05, 0.1) is 11.4 Å². The van der Waals surface area contributed by atoms with Crippen LogP contribution in [0.1, 0.15) is 6.42 Å². The van der Waals surface area contributed by atoms with E-state index in [0.717, 1.165) is 0 Å². The van der Waals surface area contributed by atoms with Gasteiger partial charge in [-0.2, -0.15) is 0 Å². The second-order valence-electron chi connectivity index (χ2n) is 4.35. The van der Waals surface area contributed by atoms with Crippen molar-refractivity contribution < 1.29 is 13.2 Å². The SMILES string of the molecule is NS(=O)(=O)CC1CC(=O)N(c2ccc(Br)nc2Br)C1. The Kier molecular flexibility index (Phi) is 4.29. The van der Waals surface area contributed by atoms with Crippen molar-refractivity contribution in [3.8, 4) is 0 Å². The van der Waals surface area contributed by atoms with Gasteiger partial charge in [0.1, 0.15) is 9.21 Å². The molecule has 1 unspecified atom stereocenters. The lowest BCUT2D eigenvalue weighted by molar-refractivity contribution is -0.117. The van der Waals surface area contributed by atoms with Crippen LogP contribution in [0.15, 0.2) is 21.3 Å². The summed E-state index contributed by atoms with van der Waals surface area (Å²) in [5.74, 6) is -0.590. The van der Waals surface area contributed by atoms with Crippen LogP contribution < -0.4 is 10.0 Å². The normalized spacial score (nSPS) is 20.1. The second-order valence-corrected chi connectivity index (χ2v) is 7.57. The Morgan fingerprint density at radius 3 is 2.68 bits per heavy atom. The van der Waals surface area contributed by atoms with E-state index in [1.54, 1.807) is 12.1 Å². The summed E-state index contributed by atoms with van der Waals surface area (Å²) in [5, 5.41) is 5.01. The van der Waals surface area contributed by atoms with Crippen LogP contribution in [0, 0.1) is 5.92 Å². The molecule has 1 aliphatic rings. The van der Waals surface area contributed by atoms with Gasteiger partial charge in [-0.25, -0.2) is 18.5 Å². The summed E-state index contributed by atoms with van der Waals surface area (Å²) >= 11 is 6.52. The van der Waals surface area contributed by atoms with Crippen molar-refractivity contribution in [1.29, 1.82) is 0 Å². The zero-order chi connectivity index (χ0) is 14.2. The largest absolute Gasteiger partial charge is 0.310 e. The molecule has 2 heterocycles. The highest BCUT2D eigenvalue weighted by molar-refractivity contribution is 9.11. The van der Waals surface area contributed by atoms with E-state index in [1.807, 2.05) is 0 Å². The maximum Gasteiger partial charge on any atom is 0.227 e. The van der Waals surface area contributed by atoms with Gasteiger partial charge in [-0.3, -0.25) is 4.79 Å². The molecule has 6 nitrogen and oxygen atoms in total. The molecule has 0 aliphatic carbocycles. The number of hydrogen-bond acceptors (Lipinski definition) is 4. The van der Waals surface area contributed by atoms with E-state index in [-0.39, 0.29) is 24.0 Å². The van der Waals surface area contributed by atoms with Gasteiger partial charge in [0.25, 0.3) is 0 Å². The number of carbonyl (C=O) groups excluding carboxylic acids is 1. The number of halogens is 2. The fourth-order valence-electron chi connectivity index (χ4n) is 2.06. The van der Waals surface area contributed by atoms with Crippen LogP contribution >= 0.6 is 31.9 Å². The highest BCUT2D eigenvalue weighted by Crippen LogP contribution is 2.31. The number of pyridine rings is 1. The maximum absolute atomic E-state index is 11.9. The third-order valence-electron chi connectivity index (χ3n) is 2.76. The zero-order valence-electron chi connectivity index (χ0n) is 9.71. The zero-order valence-corrected chi connectivity index (χ0v) is 13.7. The summed E-state index contributed by atoms with van der Waals surface area (Å²) < 4.78 is 23.3. The third-order valence-corrected chi connectivity index (χ3v) is 4.72. The summed E-state index contributed by atoms with van der Waals surface area (Å²) in [5.41, 5.74) is 0.630. The molecule has 2 rings (SSSR count). The van der Waals surface area contributed by atoms with Crippen molar-refractivity contribution in [2.24, 2.45) is 11.1 Å². The first-order valence-electron chi connectivity index (χ1n) is 5.39. The fraction of sp³-hybridized carbons (Fsp3) is 0.400. The average molecular weight is 413 g/mol. The van der Waals surface area contributed by atoms with Gasteiger partial charge < -0.3 is 4.90 Å². The van der Waals surface area contributed by atoms with Crippen LogP contribution in [0.2, 0.25) is 0 Å². The highest BCUT2D eigenvalue weighted by Gasteiger charge is 2.33. The van der Waals surface area contributed by atoms with Crippen molar-refractivity contribution in [2.75, 3.05) is 17.2 Å².